The molecule has 2 aliphatic carbocycles. The monoisotopic (exact) mass is 395 g/mol. The molecule has 2 aliphatic rings. The third kappa shape index (κ3) is 4.43. The fraction of sp³-hybridized carbons (Fsp3) is 0.480. The van der Waals surface area contributed by atoms with Crippen molar-refractivity contribution < 1.29 is 4.79 Å². The third-order valence-corrected chi connectivity index (χ3v) is 6.91. The Hall–Kier alpha value is -1.80. The second-order valence-corrected chi connectivity index (χ2v) is 8.86. The summed E-state index contributed by atoms with van der Waals surface area (Å²) >= 11 is 6.04. The lowest BCUT2D eigenvalue weighted by molar-refractivity contribution is 0.0437. The predicted octanol–water partition coefficient (Wildman–Crippen LogP) is 6.84. The number of halogens is 1. The number of carbonyl (C=O) groups is 1. The Bertz CT molecular complexity index is 759. The molecule has 2 aromatic carbocycles. The summed E-state index contributed by atoms with van der Waals surface area (Å²) in [6.45, 7) is 0. The zero-order chi connectivity index (χ0) is 19.3. The molecule has 3 heteroatoms. The highest BCUT2D eigenvalue weighted by Crippen LogP contribution is 2.37. The molecule has 2 fully saturated rings. The van der Waals surface area contributed by atoms with Gasteiger partial charge in [0.1, 0.15) is 0 Å². The van der Waals surface area contributed by atoms with Gasteiger partial charge < -0.3 is 4.90 Å². The average molecular weight is 396 g/mol. The maximum Gasteiger partial charge on any atom is 0.254 e. The van der Waals surface area contributed by atoms with Gasteiger partial charge in [-0.05, 0) is 74.3 Å². The molecule has 1 amide bonds. The van der Waals surface area contributed by atoms with Crippen LogP contribution in [0.4, 0.5) is 0 Å². The van der Waals surface area contributed by atoms with Crippen LogP contribution in [-0.4, -0.2) is 22.9 Å². The van der Waals surface area contributed by atoms with Gasteiger partial charge in [0.15, 0.2) is 0 Å². The van der Waals surface area contributed by atoms with E-state index in [1.54, 1.807) is 0 Å². The van der Waals surface area contributed by atoms with E-state index in [2.05, 4.69) is 35.2 Å². The Labute approximate surface area is 173 Å². The minimum Gasteiger partial charge on any atom is -0.333 e. The fourth-order valence-corrected chi connectivity index (χ4v) is 5.27. The molecule has 2 aromatic rings. The molecule has 0 aliphatic heterocycles. The molecule has 0 saturated heterocycles. The lowest BCUT2D eigenvalue weighted by Gasteiger charge is -2.43. The molecule has 0 unspecified atom stereocenters. The second kappa shape index (κ2) is 9.13. The summed E-state index contributed by atoms with van der Waals surface area (Å²) in [4.78, 5) is 15.8. The van der Waals surface area contributed by atoms with Crippen molar-refractivity contribution in [1.29, 1.82) is 0 Å². The molecule has 0 bridgehead atoms. The van der Waals surface area contributed by atoms with E-state index in [9.17, 15) is 4.79 Å². The van der Waals surface area contributed by atoms with Crippen LogP contribution in [0.5, 0.6) is 0 Å². The number of hydrogen-bond acceptors (Lipinski definition) is 1. The molecule has 4 rings (SSSR count). The number of hydrogen-bond donors (Lipinski definition) is 0. The van der Waals surface area contributed by atoms with E-state index >= 15 is 0 Å². The molecule has 0 radical (unpaired) electrons. The summed E-state index contributed by atoms with van der Waals surface area (Å²) in [5.41, 5.74) is 2.23. The fourth-order valence-electron chi connectivity index (χ4n) is 5.14. The minimum absolute atomic E-state index is 0.201. The SMILES string of the molecule is O=C(c1ccc(Cl)cc1)N(C1CCCCC1)C1CCC(c2ccccc2)CC1. The van der Waals surface area contributed by atoms with E-state index in [4.69, 9.17) is 11.6 Å². The summed E-state index contributed by atoms with van der Waals surface area (Å²) in [6.07, 6.45) is 10.7. The number of nitrogens with zero attached hydrogens (tertiary/aromatic N) is 1. The summed E-state index contributed by atoms with van der Waals surface area (Å²) in [6, 6.07) is 19.1. The summed E-state index contributed by atoms with van der Waals surface area (Å²) < 4.78 is 0. The zero-order valence-electron chi connectivity index (χ0n) is 16.5. The standard InChI is InChI=1S/C25H30ClNO/c26-22-15-11-21(12-16-22)25(28)27(23-9-5-2-6-10-23)24-17-13-20(14-18-24)19-7-3-1-4-8-19/h1,3-4,7-8,11-12,15-16,20,23-24H,2,5-6,9-10,13-14,17-18H2. The molecule has 0 aromatic heterocycles. The van der Waals surface area contributed by atoms with Crippen LogP contribution in [-0.2, 0) is 0 Å². The molecule has 0 atom stereocenters. The first kappa shape index (κ1) is 19.5. The van der Waals surface area contributed by atoms with Crippen LogP contribution in [0.25, 0.3) is 0 Å². The summed E-state index contributed by atoms with van der Waals surface area (Å²) in [5.74, 6) is 0.836. The van der Waals surface area contributed by atoms with Gasteiger partial charge in [-0.2, -0.15) is 0 Å². The first-order chi connectivity index (χ1) is 13.7. The highest BCUT2D eigenvalue weighted by Gasteiger charge is 2.34. The maximum absolute atomic E-state index is 13.5. The predicted molar refractivity (Wildman–Crippen MR) is 116 cm³/mol. The molecule has 0 N–H and O–H groups in total. The highest BCUT2D eigenvalue weighted by molar-refractivity contribution is 6.30. The van der Waals surface area contributed by atoms with Crippen molar-refractivity contribution in [2.75, 3.05) is 0 Å². The minimum atomic E-state index is 0.201. The van der Waals surface area contributed by atoms with Gasteiger partial charge in [0.25, 0.3) is 5.91 Å². The van der Waals surface area contributed by atoms with Crippen molar-refractivity contribution in [3.05, 3.63) is 70.7 Å². The van der Waals surface area contributed by atoms with Gasteiger partial charge >= 0.3 is 0 Å². The Morgan fingerprint density at radius 1 is 0.750 bits per heavy atom. The largest absolute Gasteiger partial charge is 0.333 e. The lowest BCUT2D eigenvalue weighted by atomic mass is 9.80. The van der Waals surface area contributed by atoms with E-state index < -0.39 is 0 Å². The topological polar surface area (TPSA) is 20.3 Å². The van der Waals surface area contributed by atoms with Crippen LogP contribution in [0.15, 0.2) is 54.6 Å². The van der Waals surface area contributed by atoms with E-state index in [0.717, 1.165) is 31.2 Å². The van der Waals surface area contributed by atoms with Gasteiger partial charge in [0, 0.05) is 22.7 Å². The smallest absolute Gasteiger partial charge is 0.254 e. The van der Waals surface area contributed by atoms with Crippen LogP contribution in [0, 0.1) is 0 Å². The van der Waals surface area contributed by atoms with Gasteiger partial charge in [-0.3, -0.25) is 4.79 Å². The number of carbonyl (C=O) groups excluding carboxylic acids is 1. The average Bonchev–Trinajstić information content (AvgIpc) is 2.76. The maximum atomic E-state index is 13.5. The number of benzene rings is 2. The Balaban J connectivity index is 1.51. The molecular weight excluding hydrogens is 366 g/mol. The normalized spacial score (nSPS) is 23.3. The van der Waals surface area contributed by atoms with Crippen molar-refractivity contribution in [2.45, 2.75) is 75.8 Å². The van der Waals surface area contributed by atoms with Gasteiger partial charge in [0.2, 0.25) is 0 Å². The van der Waals surface area contributed by atoms with E-state index in [1.807, 2.05) is 24.3 Å². The van der Waals surface area contributed by atoms with Crippen molar-refractivity contribution >= 4 is 17.5 Å². The van der Waals surface area contributed by atoms with Crippen LogP contribution < -0.4 is 0 Å². The lowest BCUT2D eigenvalue weighted by Crippen LogP contribution is -2.49. The van der Waals surface area contributed by atoms with Crippen molar-refractivity contribution in [3.63, 3.8) is 0 Å². The number of amides is 1. The second-order valence-electron chi connectivity index (χ2n) is 8.43. The first-order valence-corrected chi connectivity index (χ1v) is 11.2. The Morgan fingerprint density at radius 3 is 2.00 bits per heavy atom. The molecule has 28 heavy (non-hydrogen) atoms. The first-order valence-electron chi connectivity index (χ1n) is 10.9. The van der Waals surface area contributed by atoms with Crippen molar-refractivity contribution in [1.82, 2.24) is 4.90 Å². The zero-order valence-corrected chi connectivity index (χ0v) is 17.3. The van der Waals surface area contributed by atoms with E-state index in [-0.39, 0.29) is 5.91 Å². The van der Waals surface area contributed by atoms with Crippen LogP contribution in [0.3, 0.4) is 0 Å². The third-order valence-electron chi connectivity index (χ3n) is 6.65. The van der Waals surface area contributed by atoms with Gasteiger partial charge in [-0.1, -0.05) is 61.2 Å². The highest BCUT2D eigenvalue weighted by atomic mass is 35.5. The summed E-state index contributed by atoms with van der Waals surface area (Å²) in [7, 11) is 0. The molecule has 2 nitrogen and oxygen atoms in total. The quantitative estimate of drug-likeness (QED) is 0.554. The molecule has 0 spiro atoms. The van der Waals surface area contributed by atoms with Crippen molar-refractivity contribution in [2.24, 2.45) is 0 Å². The molecule has 0 heterocycles. The van der Waals surface area contributed by atoms with Gasteiger partial charge in [-0.15, -0.1) is 0 Å². The Kier molecular flexibility index (Phi) is 6.36. The molecular formula is C25H30ClNO. The Morgan fingerprint density at radius 2 is 1.36 bits per heavy atom. The van der Waals surface area contributed by atoms with Gasteiger partial charge in [0.05, 0.1) is 0 Å². The molecule has 148 valence electrons. The van der Waals surface area contributed by atoms with E-state index in [0.29, 0.717) is 23.0 Å². The van der Waals surface area contributed by atoms with Gasteiger partial charge in [-0.25, -0.2) is 0 Å². The van der Waals surface area contributed by atoms with E-state index in [1.165, 1.54) is 37.7 Å². The summed E-state index contributed by atoms with van der Waals surface area (Å²) in [5, 5.41) is 0.684. The number of rotatable bonds is 4. The van der Waals surface area contributed by atoms with Crippen LogP contribution in [0.1, 0.15) is 79.6 Å². The van der Waals surface area contributed by atoms with Crippen molar-refractivity contribution in [3.8, 4) is 0 Å². The van der Waals surface area contributed by atoms with Crippen LogP contribution >= 0.6 is 11.6 Å². The molecule has 2 saturated carbocycles. The van der Waals surface area contributed by atoms with Crippen LogP contribution in [0.2, 0.25) is 5.02 Å².